The zero-order valence-electron chi connectivity index (χ0n) is 18.5. The van der Waals surface area contributed by atoms with E-state index in [1.54, 1.807) is 0 Å². The fraction of sp³-hybridized carbons (Fsp3) is 0.957. The predicted octanol–water partition coefficient (Wildman–Crippen LogP) is 6.25. The van der Waals surface area contributed by atoms with E-state index in [2.05, 4.69) is 6.92 Å². The van der Waals surface area contributed by atoms with Gasteiger partial charge in [-0.15, -0.1) is 0 Å². The minimum absolute atomic E-state index is 0. The van der Waals surface area contributed by atoms with Crippen molar-refractivity contribution < 1.29 is 15.4 Å². The molecule has 0 aliphatic rings. The van der Waals surface area contributed by atoms with Crippen molar-refractivity contribution in [1.29, 1.82) is 0 Å². The Bertz CT molecular complexity index is 326. The van der Waals surface area contributed by atoms with Gasteiger partial charge in [0.05, 0.1) is 0 Å². The van der Waals surface area contributed by atoms with E-state index in [0.717, 1.165) is 6.42 Å². The van der Waals surface area contributed by atoms with Gasteiger partial charge in [0.2, 0.25) is 0 Å². The summed E-state index contributed by atoms with van der Waals surface area (Å²) in [6, 6.07) is 0. The molecule has 0 aromatic carbocycles. The number of rotatable bonds is 19. The summed E-state index contributed by atoms with van der Waals surface area (Å²) in [5, 5.41) is 8.88. The van der Waals surface area contributed by atoms with Gasteiger partial charge in [0, 0.05) is 12.0 Å². The van der Waals surface area contributed by atoms with Crippen molar-refractivity contribution in [3.05, 3.63) is 0 Å². The fourth-order valence-corrected chi connectivity index (χ4v) is 3.77. The van der Waals surface area contributed by atoms with Crippen molar-refractivity contribution >= 4 is 5.97 Å². The summed E-state index contributed by atoms with van der Waals surface area (Å²) in [5.41, 5.74) is 5.96. The highest BCUT2D eigenvalue weighted by atomic mass is 16.4. The highest BCUT2D eigenvalue weighted by Crippen LogP contribution is 2.26. The van der Waals surface area contributed by atoms with E-state index < -0.39 is 5.97 Å². The van der Waals surface area contributed by atoms with Gasteiger partial charge in [0.1, 0.15) is 0 Å². The monoisotopic (exact) mass is 387 g/mol. The largest absolute Gasteiger partial charge is 0.481 e. The molecule has 0 spiro atoms. The van der Waals surface area contributed by atoms with Gasteiger partial charge in [-0.05, 0) is 32.6 Å². The van der Waals surface area contributed by atoms with E-state index >= 15 is 0 Å². The Balaban J connectivity index is 0. The summed E-state index contributed by atoms with van der Waals surface area (Å²) in [4.78, 5) is 10.8. The van der Waals surface area contributed by atoms with E-state index in [1.165, 1.54) is 89.9 Å². The Kier molecular flexibility index (Phi) is 19.8. The number of carboxylic acids is 1. The van der Waals surface area contributed by atoms with Crippen LogP contribution in [0.1, 0.15) is 130 Å². The summed E-state index contributed by atoms with van der Waals surface area (Å²) in [6.07, 6.45) is 21.2. The Morgan fingerprint density at radius 2 is 1.15 bits per heavy atom. The minimum Gasteiger partial charge on any atom is -0.481 e. The predicted molar refractivity (Wildman–Crippen MR) is 117 cm³/mol. The summed E-state index contributed by atoms with van der Waals surface area (Å²) in [6.45, 7) is 6.34. The lowest BCUT2D eigenvalue weighted by molar-refractivity contribution is -0.137. The first-order chi connectivity index (χ1) is 12.4. The lowest BCUT2D eigenvalue weighted by Gasteiger charge is -2.30. The fourth-order valence-electron chi connectivity index (χ4n) is 3.77. The third-order valence-corrected chi connectivity index (χ3v) is 5.67. The molecule has 0 saturated heterocycles. The first-order valence-electron chi connectivity index (χ1n) is 11.4. The van der Waals surface area contributed by atoms with Crippen molar-refractivity contribution in [2.24, 2.45) is 11.7 Å². The highest BCUT2D eigenvalue weighted by Gasteiger charge is 2.24. The van der Waals surface area contributed by atoms with Gasteiger partial charge in [0.15, 0.2) is 0 Å². The van der Waals surface area contributed by atoms with Crippen LogP contribution >= 0.6 is 0 Å². The smallest absolute Gasteiger partial charge is 0.303 e. The number of hydrogen-bond acceptors (Lipinski definition) is 2. The topological polar surface area (TPSA) is 94.8 Å². The molecule has 0 amide bonds. The molecule has 0 fully saturated rings. The van der Waals surface area contributed by atoms with Gasteiger partial charge in [0.25, 0.3) is 0 Å². The SMILES string of the molecule is CCCCCCCCCCCCCCCCC(CCC(=O)O)C(C)(C)N.O. The van der Waals surface area contributed by atoms with Crippen LogP contribution in [0.2, 0.25) is 0 Å². The molecular weight excluding hydrogens is 338 g/mol. The summed E-state index contributed by atoms with van der Waals surface area (Å²) >= 11 is 0. The molecule has 1 atom stereocenters. The highest BCUT2D eigenvalue weighted by molar-refractivity contribution is 5.66. The molecule has 4 heteroatoms. The van der Waals surface area contributed by atoms with E-state index in [9.17, 15) is 4.79 Å². The second-order valence-electron chi connectivity index (χ2n) is 8.84. The van der Waals surface area contributed by atoms with Crippen LogP contribution in [0.25, 0.3) is 0 Å². The summed E-state index contributed by atoms with van der Waals surface area (Å²) in [7, 11) is 0. The lowest BCUT2D eigenvalue weighted by Crippen LogP contribution is -2.41. The standard InChI is InChI=1S/C23H47NO2.H2O/c1-4-5-6-7-8-9-10-11-12-13-14-15-16-17-18-21(23(2,3)24)19-20-22(25)26;/h21H,4-20,24H2,1-3H3,(H,25,26);1H2. The van der Waals surface area contributed by atoms with Gasteiger partial charge in [-0.2, -0.15) is 0 Å². The van der Waals surface area contributed by atoms with Crippen molar-refractivity contribution in [2.45, 2.75) is 135 Å². The second kappa shape index (κ2) is 18.7. The number of unbranched alkanes of at least 4 members (excludes halogenated alkanes) is 13. The first-order valence-corrected chi connectivity index (χ1v) is 11.4. The van der Waals surface area contributed by atoms with Gasteiger partial charge in [-0.1, -0.05) is 96.8 Å². The maximum Gasteiger partial charge on any atom is 0.303 e. The molecule has 0 bridgehead atoms. The number of hydrogen-bond donors (Lipinski definition) is 2. The minimum atomic E-state index is -0.708. The molecule has 0 rings (SSSR count). The zero-order chi connectivity index (χ0) is 19.7. The quantitative estimate of drug-likeness (QED) is 0.256. The molecule has 0 aliphatic carbocycles. The van der Waals surface area contributed by atoms with Gasteiger partial charge in [-0.25, -0.2) is 0 Å². The molecule has 1 unspecified atom stereocenters. The third kappa shape index (κ3) is 19.9. The average molecular weight is 388 g/mol. The number of carboxylic acid groups (broad SMARTS) is 1. The Morgan fingerprint density at radius 3 is 1.48 bits per heavy atom. The number of carbonyl (C=O) groups is 1. The normalized spacial score (nSPS) is 12.6. The van der Waals surface area contributed by atoms with Crippen molar-refractivity contribution in [2.75, 3.05) is 0 Å². The van der Waals surface area contributed by atoms with Gasteiger partial charge < -0.3 is 16.3 Å². The Hall–Kier alpha value is -0.610. The van der Waals surface area contributed by atoms with Gasteiger partial charge >= 0.3 is 5.97 Å². The zero-order valence-corrected chi connectivity index (χ0v) is 18.5. The number of nitrogens with two attached hydrogens (primary N) is 1. The van der Waals surface area contributed by atoms with Crippen LogP contribution in [0.3, 0.4) is 0 Å². The van der Waals surface area contributed by atoms with Crippen LogP contribution in [0, 0.1) is 5.92 Å². The Morgan fingerprint density at radius 1 is 0.778 bits per heavy atom. The van der Waals surface area contributed by atoms with Crippen LogP contribution in [-0.4, -0.2) is 22.1 Å². The molecule has 4 nitrogen and oxygen atoms in total. The lowest BCUT2D eigenvalue weighted by atomic mass is 9.81. The molecule has 5 N–H and O–H groups in total. The molecule has 0 saturated carbocycles. The van der Waals surface area contributed by atoms with Crippen LogP contribution in [-0.2, 0) is 4.79 Å². The van der Waals surface area contributed by atoms with E-state index in [0.29, 0.717) is 12.3 Å². The van der Waals surface area contributed by atoms with Gasteiger partial charge in [-0.3, -0.25) is 4.79 Å². The summed E-state index contributed by atoms with van der Waals surface area (Å²) < 4.78 is 0. The maximum atomic E-state index is 10.8. The maximum absolute atomic E-state index is 10.8. The van der Waals surface area contributed by atoms with E-state index in [4.69, 9.17) is 10.8 Å². The number of aliphatic carboxylic acids is 1. The second-order valence-corrected chi connectivity index (χ2v) is 8.84. The summed E-state index contributed by atoms with van der Waals surface area (Å²) in [5.74, 6) is -0.392. The average Bonchev–Trinajstić information content (AvgIpc) is 2.56. The van der Waals surface area contributed by atoms with Crippen LogP contribution < -0.4 is 5.73 Å². The first kappa shape index (κ1) is 28.6. The molecule has 0 aromatic rings. The molecule has 0 radical (unpaired) electrons. The van der Waals surface area contributed by atoms with Crippen molar-refractivity contribution in [3.63, 3.8) is 0 Å². The molecule has 0 aromatic heterocycles. The Labute approximate surface area is 169 Å². The van der Waals surface area contributed by atoms with Crippen LogP contribution in [0.15, 0.2) is 0 Å². The molecule has 0 aliphatic heterocycles. The molecule has 164 valence electrons. The van der Waals surface area contributed by atoms with E-state index in [-0.39, 0.29) is 17.4 Å². The molecular formula is C23H49NO3. The van der Waals surface area contributed by atoms with Crippen molar-refractivity contribution in [3.8, 4) is 0 Å². The van der Waals surface area contributed by atoms with Crippen LogP contribution in [0.4, 0.5) is 0 Å². The third-order valence-electron chi connectivity index (χ3n) is 5.67. The van der Waals surface area contributed by atoms with Crippen LogP contribution in [0.5, 0.6) is 0 Å². The van der Waals surface area contributed by atoms with E-state index in [1.807, 2.05) is 13.8 Å². The molecule has 27 heavy (non-hydrogen) atoms. The van der Waals surface area contributed by atoms with Crippen molar-refractivity contribution in [1.82, 2.24) is 0 Å². The molecule has 0 heterocycles.